The molecule has 3 aromatic rings. The van der Waals surface area contributed by atoms with Gasteiger partial charge in [-0.1, -0.05) is 54.1 Å². The number of carbonyl (C=O) groups is 3. The van der Waals surface area contributed by atoms with E-state index in [4.69, 9.17) is 4.74 Å². The molecule has 1 heterocycles. The Labute approximate surface area is 173 Å². The van der Waals surface area contributed by atoms with Gasteiger partial charge in [-0.2, -0.15) is 0 Å². The zero-order valence-corrected chi connectivity index (χ0v) is 17.0. The fraction of sp³-hybridized carbons (Fsp3) is 0.174. The number of ether oxygens (including phenoxy) is 1. The number of aryl methyl sites for hydroxylation is 1. The van der Waals surface area contributed by atoms with Crippen molar-refractivity contribution in [2.24, 2.45) is 0 Å². The third-order valence-corrected chi connectivity index (χ3v) is 5.25. The Hall–Kier alpha value is -3.25. The molecule has 0 unspecified atom stereocenters. The Bertz CT molecular complexity index is 1010. The summed E-state index contributed by atoms with van der Waals surface area (Å²) in [5.41, 5.74) is 2.49. The van der Waals surface area contributed by atoms with E-state index in [1.807, 2.05) is 31.2 Å². The summed E-state index contributed by atoms with van der Waals surface area (Å²) in [4.78, 5) is 38.1. The van der Waals surface area contributed by atoms with Crippen LogP contribution in [0.1, 0.15) is 43.6 Å². The van der Waals surface area contributed by atoms with Crippen LogP contribution >= 0.6 is 11.3 Å². The zero-order valence-electron chi connectivity index (χ0n) is 16.2. The molecule has 0 aliphatic heterocycles. The third kappa shape index (κ3) is 5.18. The molecule has 0 aliphatic carbocycles. The number of carbonyl (C=O) groups excluding carboxylic acids is 3. The van der Waals surface area contributed by atoms with E-state index in [-0.39, 0.29) is 16.9 Å². The molecular formula is C23H21NO4S. The molecule has 0 spiro atoms. The average Bonchev–Trinajstić information content (AvgIpc) is 3.27. The predicted molar refractivity (Wildman–Crippen MR) is 112 cm³/mol. The number of esters is 1. The Kier molecular flexibility index (Phi) is 6.57. The fourth-order valence-corrected chi connectivity index (χ4v) is 3.39. The molecule has 1 aromatic heterocycles. The number of ketones is 1. The van der Waals surface area contributed by atoms with Crippen molar-refractivity contribution < 1.29 is 19.1 Å². The number of hydrogen-bond donors (Lipinski definition) is 1. The summed E-state index contributed by atoms with van der Waals surface area (Å²) in [5, 5.41) is 4.55. The smallest absolute Gasteiger partial charge is 0.339 e. The van der Waals surface area contributed by atoms with Gasteiger partial charge < -0.3 is 10.1 Å². The second-order valence-electron chi connectivity index (χ2n) is 6.60. The quantitative estimate of drug-likeness (QED) is 0.472. The van der Waals surface area contributed by atoms with Crippen LogP contribution in [0, 0.1) is 6.92 Å². The van der Waals surface area contributed by atoms with Gasteiger partial charge in [0.25, 0.3) is 5.91 Å². The zero-order chi connectivity index (χ0) is 20.8. The lowest BCUT2D eigenvalue weighted by atomic mass is 10.0. The molecule has 2 aromatic carbocycles. The topological polar surface area (TPSA) is 72.5 Å². The molecule has 3 rings (SSSR count). The first-order valence-electron chi connectivity index (χ1n) is 9.17. The molecule has 0 aliphatic rings. The van der Waals surface area contributed by atoms with Crippen LogP contribution in [0.25, 0.3) is 0 Å². The highest BCUT2D eigenvalue weighted by Gasteiger charge is 2.23. The van der Waals surface area contributed by atoms with Gasteiger partial charge in [-0.3, -0.25) is 9.59 Å². The minimum atomic E-state index is -0.988. The predicted octanol–water partition coefficient (Wildman–Crippen LogP) is 4.15. The average molecular weight is 407 g/mol. The van der Waals surface area contributed by atoms with Gasteiger partial charge in [0.15, 0.2) is 6.10 Å². The number of benzene rings is 2. The van der Waals surface area contributed by atoms with Gasteiger partial charge in [-0.05, 0) is 36.9 Å². The van der Waals surface area contributed by atoms with Gasteiger partial charge in [0.05, 0.1) is 10.4 Å². The van der Waals surface area contributed by atoms with E-state index >= 15 is 0 Å². The summed E-state index contributed by atoms with van der Waals surface area (Å²) >= 11 is 1.30. The monoisotopic (exact) mass is 407 g/mol. The number of thiophene rings is 1. The SMILES string of the molecule is Cc1ccc(CNC(=O)[C@H](C)OC(=O)c2ccccc2C(=O)c2cccs2)cc1. The molecule has 148 valence electrons. The Balaban J connectivity index is 1.64. The molecule has 1 amide bonds. The largest absolute Gasteiger partial charge is 0.449 e. The molecular weight excluding hydrogens is 386 g/mol. The van der Waals surface area contributed by atoms with E-state index < -0.39 is 18.0 Å². The van der Waals surface area contributed by atoms with Crippen molar-refractivity contribution in [2.75, 3.05) is 0 Å². The lowest BCUT2D eigenvalue weighted by molar-refractivity contribution is -0.129. The third-order valence-electron chi connectivity index (χ3n) is 4.38. The summed E-state index contributed by atoms with van der Waals surface area (Å²) in [7, 11) is 0. The van der Waals surface area contributed by atoms with E-state index in [1.54, 1.807) is 35.7 Å². The molecule has 6 heteroatoms. The van der Waals surface area contributed by atoms with Gasteiger partial charge in [0.2, 0.25) is 5.78 Å². The number of amides is 1. The van der Waals surface area contributed by atoms with Gasteiger partial charge >= 0.3 is 5.97 Å². The first kappa shape index (κ1) is 20.5. The summed E-state index contributed by atoms with van der Waals surface area (Å²) in [5.74, 6) is -1.35. The van der Waals surface area contributed by atoms with Crippen molar-refractivity contribution in [1.29, 1.82) is 0 Å². The van der Waals surface area contributed by atoms with E-state index in [0.717, 1.165) is 11.1 Å². The van der Waals surface area contributed by atoms with Crippen molar-refractivity contribution in [3.05, 3.63) is 93.2 Å². The maximum Gasteiger partial charge on any atom is 0.339 e. The first-order chi connectivity index (χ1) is 14.0. The van der Waals surface area contributed by atoms with Crippen LogP contribution in [0.2, 0.25) is 0 Å². The van der Waals surface area contributed by atoms with Gasteiger partial charge in [-0.15, -0.1) is 11.3 Å². The van der Waals surface area contributed by atoms with Gasteiger partial charge in [-0.25, -0.2) is 4.79 Å². The summed E-state index contributed by atoms with van der Waals surface area (Å²) < 4.78 is 5.31. The highest BCUT2D eigenvalue weighted by atomic mass is 32.1. The molecule has 0 radical (unpaired) electrons. The summed E-state index contributed by atoms with van der Waals surface area (Å²) in [6.45, 7) is 3.84. The van der Waals surface area contributed by atoms with E-state index in [2.05, 4.69) is 5.32 Å². The van der Waals surface area contributed by atoms with E-state index in [0.29, 0.717) is 11.4 Å². The van der Waals surface area contributed by atoms with Crippen LogP contribution in [-0.2, 0) is 16.1 Å². The lowest BCUT2D eigenvalue weighted by Crippen LogP contribution is -2.35. The number of rotatable bonds is 7. The highest BCUT2D eigenvalue weighted by Crippen LogP contribution is 2.19. The van der Waals surface area contributed by atoms with E-state index in [9.17, 15) is 14.4 Å². The molecule has 5 nitrogen and oxygen atoms in total. The Morgan fingerprint density at radius 2 is 1.66 bits per heavy atom. The maximum absolute atomic E-state index is 12.7. The number of hydrogen-bond acceptors (Lipinski definition) is 5. The van der Waals surface area contributed by atoms with Crippen molar-refractivity contribution in [3.63, 3.8) is 0 Å². The van der Waals surface area contributed by atoms with Crippen molar-refractivity contribution in [3.8, 4) is 0 Å². The second kappa shape index (κ2) is 9.30. The van der Waals surface area contributed by atoms with Crippen LogP contribution in [0.15, 0.2) is 66.0 Å². The summed E-state index contributed by atoms with van der Waals surface area (Å²) in [6.07, 6.45) is -0.988. The Morgan fingerprint density at radius 1 is 0.966 bits per heavy atom. The van der Waals surface area contributed by atoms with Crippen molar-refractivity contribution in [1.82, 2.24) is 5.32 Å². The first-order valence-corrected chi connectivity index (χ1v) is 10.0. The van der Waals surface area contributed by atoms with Gasteiger partial charge in [0, 0.05) is 12.1 Å². The lowest BCUT2D eigenvalue weighted by Gasteiger charge is -2.15. The van der Waals surface area contributed by atoms with Crippen LogP contribution < -0.4 is 5.32 Å². The van der Waals surface area contributed by atoms with Crippen molar-refractivity contribution >= 4 is 29.0 Å². The molecule has 29 heavy (non-hydrogen) atoms. The summed E-state index contributed by atoms with van der Waals surface area (Å²) in [6, 6.07) is 17.7. The molecule has 1 N–H and O–H groups in total. The minimum absolute atomic E-state index is 0.143. The second-order valence-corrected chi connectivity index (χ2v) is 7.55. The standard InChI is InChI=1S/C23H21NO4S/c1-15-9-11-17(12-10-15)14-24-22(26)16(2)28-23(27)19-7-4-3-6-18(19)21(25)20-8-5-13-29-20/h3-13,16H,14H2,1-2H3,(H,24,26)/t16-/m0/s1. The molecule has 0 fully saturated rings. The van der Waals surface area contributed by atoms with Crippen molar-refractivity contribution in [2.45, 2.75) is 26.5 Å². The van der Waals surface area contributed by atoms with Crippen LogP contribution in [0.5, 0.6) is 0 Å². The molecule has 0 saturated heterocycles. The van der Waals surface area contributed by atoms with Crippen LogP contribution in [0.4, 0.5) is 0 Å². The Morgan fingerprint density at radius 3 is 2.31 bits per heavy atom. The van der Waals surface area contributed by atoms with E-state index in [1.165, 1.54) is 24.3 Å². The highest BCUT2D eigenvalue weighted by molar-refractivity contribution is 7.12. The van der Waals surface area contributed by atoms with Crippen LogP contribution in [0.3, 0.4) is 0 Å². The molecule has 0 bridgehead atoms. The van der Waals surface area contributed by atoms with Crippen LogP contribution in [-0.4, -0.2) is 23.8 Å². The van der Waals surface area contributed by atoms with Gasteiger partial charge in [0.1, 0.15) is 0 Å². The number of nitrogens with one attached hydrogen (secondary N) is 1. The normalized spacial score (nSPS) is 11.5. The fourth-order valence-electron chi connectivity index (χ4n) is 2.72. The molecule has 0 saturated carbocycles. The minimum Gasteiger partial charge on any atom is -0.449 e. The maximum atomic E-state index is 12.7. The molecule has 1 atom stereocenters.